The molecule has 0 aliphatic heterocycles. The molecule has 0 saturated heterocycles. The van der Waals surface area contributed by atoms with E-state index < -0.39 is 0 Å². The Bertz CT molecular complexity index is 277. The van der Waals surface area contributed by atoms with Crippen LogP contribution in [0.3, 0.4) is 0 Å². The average molecular weight is 161 g/mol. The van der Waals surface area contributed by atoms with Crippen molar-refractivity contribution in [2.24, 2.45) is 5.11 Å². The minimum atomic E-state index is 0.652. The fourth-order valence-corrected chi connectivity index (χ4v) is 0.754. The topological polar surface area (TPSA) is 48.2 Å². The highest BCUT2D eigenvalue weighted by molar-refractivity contribution is 5.45. The molecule has 0 radical (unpaired) electrons. The molecule has 0 spiro atoms. The highest BCUT2D eigenvalue weighted by atomic mass is 15.0. The third-order valence-electron chi connectivity index (χ3n) is 1.40. The van der Waals surface area contributed by atoms with Crippen LogP contribution in [0.25, 0.3) is 0 Å². The molecule has 12 heavy (non-hydrogen) atoms. The van der Waals surface area contributed by atoms with Crippen molar-refractivity contribution in [1.82, 2.24) is 0 Å². The minimum Gasteiger partial charge on any atom is -0.360 e. The Morgan fingerprint density at radius 2 is 2.08 bits per heavy atom. The molecule has 3 nitrogen and oxygen atoms in total. The Morgan fingerprint density at radius 1 is 1.42 bits per heavy atom. The van der Waals surface area contributed by atoms with Crippen molar-refractivity contribution >= 4 is 5.69 Å². The van der Waals surface area contributed by atoms with Crippen LogP contribution in [0.4, 0.5) is 5.69 Å². The maximum Gasteiger partial charge on any atom is 0.0752 e. The normalized spacial score (nSPS) is 10.9. The summed E-state index contributed by atoms with van der Waals surface area (Å²) < 4.78 is 0. The Kier molecular flexibility index (Phi) is 3.02. The van der Waals surface area contributed by atoms with Crippen molar-refractivity contribution in [3.8, 4) is 0 Å². The van der Waals surface area contributed by atoms with Crippen LogP contribution in [-0.4, -0.2) is 0 Å². The smallest absolute Gasteiger partial charge is 0.0752 e. The van der Waals surface area contributed by atoms with Gasteiger partial charge < -0.3 is 5.32 Å². The molecule has 2 N–H and O–H groups in total. The van der Waals surface area contributed by atoms with Gasteiger partial charge in [0.15, 0.2) is 0 Å². The van der Waals surface area contributed by atoms with Crippen molar-refractivity contribution in [2.75, 3.05) is 5.32 Å². The van der Waals surface area contributed by atoms with Crippen LogP contribution < -0.4 is 5.32 Å². The Morgan fingerprint density at radius 3 is 2.67 bits per heavy atom. The van der Waals surface area contributed by atoms with Gasteiger partial charge in [0.2, 0.25) is 0 Å². The third kappa shape index (κ3) is 2.54. The second kappa shape index (κ2) is 4.28. The largest absolute Gasteiger partial charge is 0.360 e. The van der Waals surface area contributed by atoms with Gasteiger partial charge in [-0.15, -0.1) is 0 Å². The van der Waals surface area contributed by atoms with Gasteiger partial charge in [-0.3, -0.25) is 0 Å². The summed E-state index contributed by atoms with van der Waals surface area (Å²) in [5.41, 5.74) is 8.34. The number of hydrogen-bond donors (Lipinski definition) is 2. The van der Waals surface area contributed by atoms with Crippen molar-refractivity contribution < 1.29 is 0 Å². The van der Waals surface area contributed by atoms with Crippen LogP contribution in [0.2, 0.25) is 0 Å². The molecule has 0 aromatic heterocycles. The van der Waals surface area contributed by atoms with Crippen LogP contribution in [0.5, 0.6) is 0 Å². The summed E-state index contributed by atoms with van der Waals surface area (Å²) in [7, 11) is 0. The zero-order valence-electron chi connectivity index (χ0n) is 6.91. The molecule has 0 aliphatic carbocycles. The maximum absolute atomic E-state index is 6.69. The summed E-state index contributed by atoms with van der Waals surface area (Å²) in [4.78, 5) is 0. The molecular weight excluding hydrogens is 150 g/mol. The van der Waals surface area contributed by atoms with Crippen molar-refractivity contribution in [3.05, 3.63) is 42.2 Å². The highest BCUT2D eigenvalue weighted by Crippen LogP contribution is 2.05. The Balaban J connectivity index is 2.60. The van der Waals surface area contributed by atoms with E-state index in [4.69, 9.17) is 5.53 Å². The molecular formula is C9H11N3. The van der Waals surface area contributed by atoms with E-state index in [1.54, 1.807) is 13.1 Å². The molecule has 62 valence electrons. The molecule has 1 aromatic carbocycles. The van der Waals surface area contributed by atoms with Gasteiger partial charge >= 0.3 is 0 Å². The maximum atomic E-state index is 6.69. The standard InChI is InChI=1S/C9H11N3/c1-8(12-10)7-11-9-5-3-2-4-6-9/h2-7,10-11H,1H3/b8-7-,12-10?. The van der Waals surface area contributed by atoms with Gasteiger partial charge in [0.1, 0.15) is 0 Å². The summed E-state index contributed by atoms with van der Waals surface area (Å²) in [6, 6.07) is 9.75. The summed E-state index contributed by atoms with van der Waals surface area (Å²) in [6.45, 7) is 1.77. The van der Waals surface area contributed by atoms with Crippen molar-refractivity contribution in [1.29, 1.82) is 5.53 Å². The van der Waals surface area contributed by atoms with Gasteiger partial charge in [0.25, 0.3) is 0 Å². The SMILES string of the molecule is C/C(=C/Nc1ccccc1)N=N. The number of para-hydroxylation sites is 1. The monoisotopic (exact) mass is 161 g/mol. The molecule has 0 bridgehead atoms. The lowest BCUT2D eigenvalue weighted by Gasteiger charge is -1.98. The molecule has 0 saturated carbocycles. The first kappa shape index (κ1) is 8.46. The predicted octanol–water partition coefficient (Wildman–Crippen LogP) is 2.99. The van der Waals surface area contributed by atoms with Gasteiger partial charge in [0, 0.05) is 11.9 Å². The second-order valence-corrected chi connectivity index (χ2v) is 2.41. The van der Waals surface area contributed by atoms with Gasteiger partial charge in [-0.05, 0) is 19.1 Å². The Labute approximate surface area is 71.6 Å². The van der Waals surface area contributed by atoms with Gasteiger partial charge in [-0.2, -0.15) is 5.11 Å². The fourth-order valence-electron chi connectivity index (χ4n) is 0.754. The first-order valence-electron chi connectivity index (χ1n) is 3.69. The van der Waals surface area contributed by atoms with E-state index in [1.165, 1.54) is 0 Å². The number of anilines is 1. The lowest BCUT2D eigenvalue weighted by molar-refractivity contribution is 1.05. The van der Waals surface area contributed by atoms with E-state index in [-0.39, 0.29) is 0 Å². The summed E-state index contributed by atoms with van der Waals surface area (Å²) in [5, 5.41) is 6.27. The van der Waals surface area contributed by atoms with Crippen molar-refractivity contribution in [3.63, 3.8) is 0 Å². The van der Waals surface area contributed by atoms with Crippen LogP contribution >= 0.6 is 0 Å². The first-order chi connectivity index (χ1) is 5.83. The zero-order valence-corrected chi connectivity index (χ0v) is 6.91. The van der Waals surface area contributed by atoms with E-state index >= 15 is 0 Å². The number of hydrogen-bond acceptors (Lipinski definition) is 3. The number of allylic oxidation sites excluding steroid dienone is 1. The first-order valence-corrected chi connectivity index (χ1v) is 3.69. The predicted molar refractivity (Wildman–Crippen MR) is 49.0 cm³/mol. The quantitative estimate of drug-likeness (QED) is 0.658. The minimum absolute atomic E-state index is 0.652. The average Bonchev–Trinajstić information content (AvgIpc) is 2.16. The van der Waals surface area contributed by atoms with E-state index in [9.17, 15) is 0 Å². The molecule has 0 atom stereocenters. The van der Waals surface area contributed by atoms with Crippen LogP contribution in [0.15, 0.2) is 47.3 Å². The van der Waals surface area contributed by atoms with Crippen LogP contribution in [-0.2, 0) is 0 Å². The molecule has 1 aromatic rings. The van der Waals surface area contributed by atoms with Gasteiger partial charge in [0.05, 0.1) is 5.70 Å². The molecule has 0 heterocycles. The second-order valence-electron chi connectivity index (χ2n) is 2.41. The van der Waals surface area contributed by atoms with E-state index in [2.05, 4.69) is 10.4 Å². The molecule has 0 aliphatic rings. The molecule has 0 unspecified atom stereocenters. The van der Waals surface area contributed by atoms with Crippen LogP contribution in [0, 0.1) is 5.53 Å². The summed E-state index contributed by atoms with van der Waals surface area (Å²) >= 11 is 0. The number of benzene rings is 1. The molecule has 0 fully saturated rings. The van der Waals surface area contributed by atoms with E-state index in [0.717, 1.165) is 5.69 Å². The number of rotatable bonds is 3. The Hall–Kier alpha value is -1.64. The lowest BCUT2D eigenvalue weighted by atomic mass is 10.3. The van der Waals surface area contributed by atoms with Gasteiger partial charge in [-0.25, -0.2) is 5.53 Å². The zero-order chi connectivity index (χ0) is 8.81. The number of nitrogens with zero attached hydrogens (tertiary/aromatic N) is 1. The van der Waals surface area contributed by atoms with Crippen molar-refractivity contribution in [2.45, 2.75) is 6.92 Å². The highest BCUT2D eigenvalue weighted by Gasteiger charge is 1.85. The van der Waals surface area contributed by atoms with E-state index in [0.29, 0.717) is 5.70 Å². The molecule has 0 amide bonds. The molecule has 3 heteroatoms. The number of nitrogens with one attached hydrogen (secondary N) is 2. The fraction of sp³-hybridized carbons (Fsp3) is 0.111. The summed E-state index contributed by atoms with van der Waals surface area (Å²) in [5.74, 6) is 0. The molecule has 1 rings (SSSR count). The summed E-state index contributed by atoms with van der Waals surface area (Å²) in [6.07, 6.45) is 1.70. The van der Waals surface area contributed by atoms with E-state index in [1.807, 2.05) is 30.3 Å². The van der Waals surface area contributed by atoms with Gasteiger partial charge in [-0.1, -0.05) is 18.2 Å². The lowest BCUT2D eigenvalue weighted by Crippen LogP contribution is -1.87. The third-order valence-corrected chi connectivity index (χ3v) is 1.40. The van der Waals surface area contributed by atoms with Crippen LogP contribution in [0.1, 0.15) is 6.92 Å².